The van der Waals surface area contributed by atoms with Crippen molar-refractivity contribution in [1.82, 2.24) is 9.62 Å². The second-order valence-corrected chi connectivity index (χ2v) is 12.4. The number of carboxylic acid groups (broad SMARTS) is 1. The molecule has 1 heterocycles. The van der Waals surface area contributed by atoms with E-state index in [0.717, 1.165) is 4.31 Å². The van der Waals surface area contributed by atoms with Crippen LogP contribution in [0.3, 0.4) is 0 Å². The van der Waals surface area contributed by atoms with Crippen molar-refractivity contribution < 1.29 is 42.6 Å². The number of fused-ring (bicyclic) bond motifs is 1. The van der Waals surface area contributed by atoms with Gasteiger partial charge in [0.05, 0.1) is 22.0 Å². The second-order valence-electron chi connectivity index (χ2n) is 10.4. The fourth-order valence-electron chi connectivity index (χ4n) is 4.54. The Kier molecular flexibility index (Phi) is 10.1. The third-order valence-electron chi connectivity index (χ3n) is 6.62. The first-order chi connectivity index (χ1) is 20.4. The van der Waals surface area contributed by atoms with Crippen LogP contribution in [0.1, 0.15) is 25.0 Å². The molecule has 3 aromatic carbocycles. The molecular formula is C29H33N3O10S. The van der Waals surface area contributed by atoms with Crippen LogP contribution in [0.15, 0.2) is 71.6 Å². The number of nitro groups is 1. The van der Waals surface area contributed by atoms with Crippen LogP contribution in [0, 0.1) is 16.0 Å². The van der Waals surface area contributed by atoms with Crippen LogP contribution in [-0.4, -0.2) is 66.0 Å². The van der Waals surface area contributed by atoms with Crippen molar-refractivity contribution in [3.63, 3.8) is 0 Å². The maximum absolute atomic E-state index is 13.6. The van der Waals surface area contributed by atoms with Crippen molar-refractivity contribution >= 4 is 21.8 Å². The normalized spacial score (nSPS) is 14.0. The molecule has 0 spiro atoms. The molecule has 0 aromatic heterocycles. The lowest BCUT2D eigenvalue weighted by molar-refractivity contribution is -0.384. The number of sulfonamides is 1. The van der Waals surface area contributed by atoms with Crippen molar-refractivity contribution in [3.05, 3.63) is 88.0 Å². The zero-order chi connectivity index (χ0) is 31.1. The Bertz CT molecular complexity index is 1550. The Morgan fingerprint density at radius 2 is 1.77 bits per heavy atom. The summed E-state index contributed by atoms with van der Waals surface area (Å²) in [7, 11) is -4.08. The zero-order valence-electron chi connectivity index (χ0n) is 23.6. The second kappa shape index (κ2) is 13.7. The van der Waals surface area contributed by atoms with Gasteiger partial charge in [-0.15, -0.1) is 0 Å². The summed E-state index contributed by atoms with van der Waals surface area (Å²) in [5.41, 5.74) is 1.24. The molecule has 1 aliphatic rings. The van der Waals surface area contributed by atoms with Crippen molar-refractivity contribution in [2.24, 2.45) is 5.92 Å². The Balaban J connectivity index is 1.45. The highest BCUT2D eigenvalue weighted by Gasteiger charge is 2.32. The minimum atomic E-state index is -4.08. The van der Waals surface area contributed by atoms with Gasteiger partial charge in [0.25, 0.3) is 5.69 Å². The molecule has 3 aromatic rings. The Labute approximate surface area is 248 Å². The van der Waals surface area contributed by atoms with Gasteiger partial charge in [0.1, 0.15) is 12.4 Å². The highest BCUT2D eigenvalue weighted by atomic mass is 32.2. The number of rotatable bonds is 14. The van der Waals surface area contributed by atoms with Crippen molar-refractivity contribution in [3.8, 4) is 17.2 Å². The molecule has 0 saturated heterocycles. The van der Waals surface area contributed by atoms with Gasteiger partial charge in [0.15, 0.2) is 11.5 Å². The van der Waals surface area contributed by atoms with E-state index in [1.807, 2.05) is 13.8 Å². The Morgan fingerprint density at radius 1 is 1.05 bits per heavy atom. The first-order valence-electron chi connectivity index (χ1n) is 13.4. The molecule has 0 fully saturated rings. The fraction of sp³-hybridized carbons (Fsp3) is 0.345. The fourth-order valence-corrected chi connectivity index (χ4v) is 6.18. The average molecular weight is 616 g/mol. The lowest BCUT2D eigenvalue weighted by Gasteiger charge is -2.30. The van der Waals surface area contributed by atoms with E-state index in [-0.39, 0.29) is 49.4 Å². The lowest BCUT2D eigenvalue weighted by Crippen LogP contribution is -2.50. The van der Waals surface area contributed by atoms with Crippen LogP contribution >= 0.6 is 0 Å². The van der Waals surface area contributed by atoms with Crippen molar-refractivity contribution in [2.45, 2.75) is 43.9 Å². The summed E-state index contributed by atoms with van der Waals surface area (Å²) in [5, 5.41) is 33.9. The molecule has 2 atom stereocenters. The van der Waals surface area contributed by atoms with Crippen LogP contribution in [0.5, 0.6) is 17.2 Å². The van der Waals surface area contributed by atoms with Gasteiger partial charge in [-0.1, -0.05) is 38.1 Å². The van der Waals surface area contributed by atoms with E-state index in [4.69, 9.17) is 14.2 Å². The molecule has 230 valence electrons. The number of amides is 1. The minimum Gasteiger partial charge on any atom is -0.489 e. The molecule has 0 radical (unpaired) electrons. The van der Waals surface area contributed by atoms with Crippen LogP contribution < -0.4 is 19.5 Å². The minimum absolute atomic E-state index is 0.0132. The number of nitrogens with zero attached hydrogens (tertiary/aromatic N) is 2. The van der Waals surface area contributed by atoms with E-state index in [1.165, 1.54) is 30.3 Å². The predicted molar refractivity (Wildman–Crippen MR) is 155 cm³/mol. The summed E-state index contributed by atoms with van der Waals surface area (Å²) in [6, 6.07) is 16.0. The molecule has 0 unspecified atom stereocenters. The molecule has 0 saturated carbocycles. The molecule has 0 aliphatic carbocycles. The summed E-state index contributed by atoms with van der Waals surface area (Å²) in [6.45, 7) is 3.50. The Hall–Kier alpha value is -4.40. The molecule has 43 heavy (non-hydrogen) atoms. The van der Waals surface area contributed by atoms with Crippen molar-refractivity contribution in [2.75, 3.05) is 19.9 Å². The van der Waals surface area contributed by atoms with Gasteiger partial charge in [-0.25, -0.2) is 13.2 Å². The summed E-state index contributed by atoms with van der Waals surface area (Å²) in [5.74, 6) is 1.13. The number of carbonyl (C=O) groups is 1. The van der Waals surface area contributed by atoms with Gasteiger partial charge in [-0.3, -0.25) is 10.1 Å². The number of benzene rings is 3. The standard InChI is InChI=1S/C29H33N3O10S/c1-19(2)15-31(43(38,39)24-10-11-27-28(14-24)42-18-41-27)16-26(33)25(30-29(34)35)13-20-6-8-23(9-7-20)40-17-21-4-3-5-22(12-21)32(36)37/h3-12,14,19,25-26,30,33H,13,15-18H2,1-2H3,(H,34,35)/t25-,26+/m0/s1. The van der Waals surface area contributed by atoms with E-state index >= 15 is 0 Å². The largest absolute Gasteiger partial charge is 0.489 e. The number of hydrogen-bond acceptors (Lipinski definition) is 9. The highest BCUT2D eigenvalue weighted by molar-refractivity contribution is 7.89. The van der Waals surface area contributed by atoms with Crippen LogP contribution in [0.4, 0.5) is 10.5 Å². The number of nitro benzene ring substituents is 1. The number of aliphatic hydroxyl groups is 1. The van der Waals surface area contributed by atoms with Crippen LogP contribution in [0.2, 0.25) is 0 Å². The van der Waals surface area contributed by atoms with Gasteiger partial charge in [-0.2, -0.15) is 4.31 Å². The molecule has 13 nitrogen and oxygen atoms in total. The van der Waals surface area contributed by atoms with Gasteiger partial charge in [-0.05, 0) is 47.7 Å². The Morgan fingerprint density at radius 3 is 2.44 bits per heavy atom. The van der Waals surface area contributed by atoms with E-state index in [2.05, 4.69) is 5.32 Å². The van der Waals surface area contributed by atoms with Gasteiger partial charge in [0, 0.05) is 31.3 Å². The number of nitrogens with one attached hydrogen (secondary N) is 1. The third-order valence-corrected chi connectivity index (χ3v) is 8.45. The number of hydrogen-bond donors (Lipinski definition) is 3. The quantitative estimate of drug-likeness (QED) is 0.179. The molecule has 14 heteroatoms. The maximum atomic E-state index is 13.6. The number of ether oxygens (including phenoxy) is 3. The SMILES string of the molecule is CC(C)CN(C[C@@H](O)[C@H](Cc1ccc(OCc2cccc([N+](=O)[O-])c2)cc1)NC(=O)O)S(=O)(=O)c1ccc2c(c1)OCO2. The monoisotopic (exact) mass is 615 g/mol. The van der Waals surface area contributed by atoms with Gasteiger partial charge < -0.3 is 29.7 Å². The maximum Gasteiger partial charge on any atom is 0.404 e. The third kappa shape index (κ3) is 8.34. The van der Waals surface area contributed by atoms with Gasteiger partial charge in [0.2, 0.25) is 16.8 Å². The molecular weight excluding hydrogens is 582 g/mol. The molecule has 0 bridgehead atoms. The van der Waals surface area contributed by atoms with E-state index in [1.54, 1.807) is 36.4 Å². The molecule has 4 rings (SSSR count). The van der Waals surface area contributed by atoms with E-state index in [9.17, 15) is 33.5 Å². The summed E-state index contributed by atoms with van der Waals surface area (Å²) >= 11 is 0. The van der Waals surface area contributed by atoms with Crippen molar-refractivity contribution in [1.29, 1.82) is 0 Å². The van der Waals surface area contributed by atoms with Crippen LogP contribution in [0.25, 0.3) is 0 Å². The van der Waals surface area contributed by atoms with Crippen LogP contribution in [-0.2, 0) is 23.1 Å². The average Bonchev–Trinajstić information content (AvgIpc) is 3.44. The number of aliphatic hydroxyl groups excluding tert-OH is 1. The number of non-ortho nitro benzene ring substituents is 1. The smallest absolute Gasteiger partial charge is 0.404 e. The molecule has 1 aliphatic heterocycles. The predicted octanol–water partition coefficient (Wildman–Crippen LogP) is 3.79. The zero-order valence-corrected chi connectivity index (χ0v) is 24.4. The molecule has 3 N–H and O–H groups in total. The topological polar surface area (TPSA) is 178 Å². The highest BCUT2D eigenvalue weighted by Crippen LogP contribution is 2.35. The first-order valence-corrected chi connectivity index (χ1v) is 14.9. The summed E-state index contributed by atoms with van der Waals surface area (Å²) < 4.78 is 44.6. The van der Waals surface area contributed by atoms with E-state index in [0.29, 0.717) is 28.4 Å². The summed E-state index contributed by atoms with van der Waals surface area (Å²) in [6.07, 6.45) is -2.68. The first kappa shape index (κ1) is 31.5. The van der Waals surface area contributed by atoms with Gasteiger partial charge >= 0.3 is 6.09 Å². The summed E-state index contributed by atoms with van der Waals surface area (Å²) in [4.78, 5) is 22.1. The molecule has 1 amide bonds. The lowest BCUT2D eigenvalue weighted by atomic mass is 10.0. The van der Waals surface area contributed by atoms with E-state index < -0.39 is 33.2 Å².